The van der Waals surface area contributed by atoms with Crippen LogP contribution in [0.15, 0.2) is 29.2 Å². The number of nitriles is 1. The maximum atomic E-state index is 12.3. The van der Waals surface area contributed by atoms with Crippen LogP contribution in [0.25, 0.3) is 0 Å². The summed E-state index contributed by atoms with van der Waals surface area (Å²) in [5.74, 6) is 0. The van der Waals surface area contributed by atoms with Crippen molar-refractivity contribution >= 4 is 10.0 Å². The highest BCUT2D eigenvalue weighted by atomic mass is 32.2. The van der Waals surface area contributed by atoms with E-state index in [-0.39, 0.29) is 4.90 Å². The smallest absolute Gasteiger partial charge is 0.207 e. The third-order valence-electron chi connectivity index (χ3n) is 2.98. The molecule has 0 aromatic heterocycles. The van der Waals surface area contributed by atoms with Gasteiger partial charge in [-0.2, -0.15) is 9.57 Å². The normalized spacial score (nSPS) is 21.3. The monoisotopic (exact) mass is 250 g/mol. The second kappa shape index (κ2) is 4.47. The first kappa shape index (κ1) is 12.1. The summed E-state index contributed by atoms with van der Waals surface area (Å²) in [4.78, 5) is 0.269. The number of sulfonamides is 1. The molecule has 1 aromatic carbocycles. The molecular formula is C12H14N2O2S. The number of nitrogens with zero attached hydrogens (tertiary/aromatic N) is 2. The Labute approximate surface area is 102 Å². The summed E-state index contributed by atoms with van der Waals surface area (Å²) in [5.41, 5.74) is 1.02. The van der Waals surface area contributed by atoms with E-state index in [4.69, 9.17) is 5.26 Å². The molecule has 0 radical (unpaired) electrons. The SMILES string of the molecule is Cc1ccc(S(=O)(=O)N2CCC[C@H]2C#N)cc1. The van der Waals surface area contributed by atoms with Gasteiger partial charge in [0.05, 0.1) is 11.0 Å². The summed E-state index contributed by atoms with van der Waals surface area (Å²) < 4.78 is 25.9. The maximum absolute atomic E-state index is 12.3. The standard InChI is InChI=1S/C12H14N2O2S/c1-10-4-6-12(7-5-10)17(15,16)14-8-2-3-11(14)9-13/h4-7,11H,2-3,8H2,1H3/t11-/m0/s1. The topological polar surface area (TPSA) is 61.2 Å². The second-order valence-electron chi connectivity index (χ2n) is 4.22. The molecule has 0 amide bonds. The summed E-state index contributed by atoms with van der Waals surface area (Å²) >= 11 is 0. The van der Waals surface area contributed by atoms with Crippen molar-refractivity contribution in [3.8, 4) is 6.07 Å². The molecule has 1 aliphatic heterocycles. The first-order chi connectivity index (χ1) is 8.05. The van der Waals surface area contributed by atoms with Gasteiger partial charge in [-0.3, -0.25) is 0 Å². The van der Waals surface area contributed by atoms with Gasteiger partial charge in [0.25, 0.3) is 0 Å². The highest BCUT2D eigenvalue weighted by Crippen LogP contribution is 2.25. The van der Waals surface area contributed by atoms with Gasteiger partial charge in [0.2, 0.25) is 10.0 Å². The van der Waals surface area contributed by atoms with Gasteiger partial charge < -0.3 is 0 Å². The summed E-state index contributed by atoms with van der Waals surface area (Å²) in [7, 11) is -3.51. The molecule has 0 N–H and O–H groups in total. The molecule has 1 atom stereocenters. The number of rotatable bonds is 2. The van der Waals surface area contributed by atoms with Gasteiger partial charge in [0, 0.05) is 6.54 Å². The van der Waals surface area contributed by atoms with Crippen LogP contribution in [0.5, 0.6) is 0 Å². The fourth-order valence-corrected chi connectivity index (χ4v) is 3.61. The summed E-state index contributed by atoms with van der Waals surface area (Å²) in [6.07, 6.45) is 1.38. The van der Waals surface area contributed by atoms with E-state index in [1.807, 2.05) is 13.0 Å². The van der Waals surface area contributed by atoms with Crippen LogP contribution in [-0.2, 0) is 10.0 Å². The summed E-state index contributed by atoms with van der Waals surface area (Å²) in [6, 6.07) is 8.26. The third-order valence-corrected chi connectivity index (χ3v) is 4.90. The van der Waals surface area contributed by atoms with Crippen molar-refractivity contribution in [3.05, 3.63) is 29.8 Å². The predicted octanol–water partition coefficient (Wildman–Crippen LogP) is 1.67. The molecule has 4 nitrogen and oxygen atoms in total. The van der Waals surface area contributed by atoms with E-state index in [0.717, 1.165) is 12.0 Å². The lowest BCUT2D eigenvalue weighted by Crippen LogP contribution is -2.34. The van der Waals surface area contributed by atoms with Crippen LogP contribution in [0.2, 0.25) is 0 Å². The Morgan fingerprint density at radius 1 is 1.35 bits per heavy atom. The largest absolute Gasteiger partial charge is 0.244 e. The van der Waals surface area contributed by atoms with Gasteiger partial charge in [0.15, 0.2) is 0 Å². The third kappa shape index (κ3) is 2.19. The summed E-state index contributed by atoms with van der Waals surface area (Å²) in [6.45, 7) is 2.35. The Morgan fingerprint density at radius 3 is 2.59 bits per heavy atom. The quantitative estimate of drug-likeness (QED) is 0.802. The molecule has 5 heteroatoms. The van der Waals surface area contributed by atoms with Gasteiger partial charge >= 0.3 is 0 Å². The van der Waals surface area contributed by atoms with E-state index in [1.54, 1.807) is 24.3 Å². The lowest BCUT2D eigenvalue weighted by Gasteiger charge is -2.19. The van der Waals surface area contributed by atoms with Crippen LogP contribution in [0.4, 0.5) is 0 Å². The van der Waals surface area contributed by atoms with Crippen LogP contribution in [0.1, 0.15) is 18.4 Å². The van der Waals surface area contributed by atoms with E-state index < -0.39 is 16.1 Å². The van der Waals surface area contributed by atoms with Gasteiger partial charge in [0.1, 0.15) is 6.04 Å². The molecule has 1 aliphatic rings. The zero-order chi connectivity index (χ0) is 12.5. The minimum Gasteiger partial charge on any atom is -0.207 e. The molecule has 1 heterocycles. The minimum absolute atomic E-state index is 0.269. The van der Waals surface area contributed by atoms with Gasteiger partial charge in [-0.05, 0) is 31.9 Å². The Kier molecular flexibility index (Phi) is 3.18. The molecule has 2 rings (SSSR count). The zero-order valence-electron chi connectivity index (χ0n) is 9.63. The number of hydrogen-bond acceptors (Lipinski definition) is 3. The van der Waals surface area contributed by atoms with Gasteiger partial charge in [-0.25, -0.2) is 8.42 Å². The van der Waals surface area contributed by atoms with Crippen LogP contribution in [-0.4, -0.2) is 25.3 Å². The second-order valence-corrected chi connectivity index (χ2v) is 6.11. The van der Waals surface area contributed by atoms with Crippen molar-refractivity contribution in [1.82, 2.24) is 4.31 Å². The zero-order valence-corrected chi connectivity index (χ0v) is 10.4. The van der Waals surface area contributed by atoms with E-state index in [9.17, 15) is 8.42 Å². The van der Waals surface area contributed by atoms with Crippen molar-refractivity contribution in [2.45, 2.75) is 30.7 Å². The molecule has 1 fully saturated rings. The van der Waals surface area contributed by atoms with E-state index in [0.29, 0.717) is 13.0 Å². The molecule has 0 spiro atoms. The van der Waals surface area contributed by atoms with E-state index in [1.165, 1.54) is 4.31 Å². The Hall–Kier alpha value is -1.38. The molecule has 0 unspecified atom stereocenters. The Bertz CT molecular complexity index is 543. The average molecular weight is 250 g/mol. The predicted molar refractivity (Wildman–Crippen MR) is 63.7 cm³/mol. The fraction of sp³-hybridized carbons (Fsp3) is 0.417. The molecule has 0 bridgehead atoms. The average Bonchev–Trinajstić information content (AvgIpc) is 2.78. The number of aryl methyl sites for hydroxylation is 1. The lowest BCUT2D eigenvalue weighted by atomic mass is 10.2. The Balaban J connectivity index is 2.37. The van der Waals surface area contributed by atoms with E-state index in [2.05, 4.69) is 0 Å². The van der Waals surface area contributed by atoms with Crippen molar-refractivity contribution < 1.29 is 8.42 Å². The maximum Gasteiger partial charge on any atom is 0.244 e. The van der Waals surface area contributed by atoms with E-state index >= 15 is 0 Å². The molecule has 0 aliphatic carbocycles. The highest BCUT2D eigenvalue weighted by molar-refractivity contribution is 7.89. The lowest BCUT2D eigenvalue weighted by molar-refractivity contribution is 0.437. The first-order valence-corrected chi connectivity index (χ1v) is 6.98. The van der Waals surface area contributed by atoms with Crippen molar-refractivity contribution in [1.29, 1.82) is 5.26 Å². The van der Waals surface area contributed by atoms with Crippen LogP contribution in [0, 0.1) is 18.3 Å². The van der Waals surface area contributed by atoms with Crippen molar-refractivity contribution in [2.24, 2.45) is 0 Å². The molecule has 1 aromatic rings. The fourth-order valence-electron chi connectivity index (χ4n) is 2.00. The molecular weight excluding hydrogens is 236 g/mol. The van der Waals surface area contributed by atoms with Gasteiger partial charge in [-0.1, -0.05) is 17.7 Å². The van der Waals surface area contributed by atoms with Crippen molar-refractivity contribution in [3.63, 3.8) is 0 Å². The van der Waals surface area contributed by atoms with Crippen LogP contribution < -0.4 is 0 Å². The Morgan fingerprint density at radius 2 is 2.00 bits per heavy atom. The first-order valence-electron chi connectivity index (χ1n) is 5.54. The van der Waals surface area contributed by atoms with Crippen LogP contribution in [0.3, 0.4) is 0 Å². The van der Waals surface area contributed by atoms with Gasteiger partial charge in [-0.15, -0.1) is 0 Å². The number of hydrogen-bond donors (Lipinski definition) is 0. The highest BCUT2D eigenvalue weighted by Gasteiger charge is 2.35. The molecule has 1 saturated heterocycles. The minimum atomic E-state index is -3.51. The summed E-state index contributed by atoms with van der Waals surface area (Å²) in [5, 5.41) is 8.93. The van der Waals surface area contributed by atoms with Crippen LogP contribution >= 0.6 is 0 Å². The molecule has 17 heavy (non-hydrogen) atoms. The molecule has 90 valence electrons. The van der Waals surface area contributed by atoms with Crippen molar-refractivity contribution in [2.75, 3.05) is 6.54 Å². The number of benzene rings is 1. The molecule has 0 saturated carbocycles.